The van der Waals surface area contributed by atoms with Gasteiger partial charge in [0.15, 0.2) is 6.61 Å². The van der Waals surface area contributed by atoms with Crippen molar-refractivity contribution in [2.75, 3.05) is 33.5 Å². The van der Waals surface area contributed by atoms with Crippen LogP contribution in [0.25, 0.3) is 6.08 Å². The van der Waals surface area contributed by atoms with Crippen molar-refractivity contribution in [3.05, 3.63) is 33.8 Å². The average molecular weight is 411 g/mol. The summed E-state index contributed by atoms with van der Waals surface area (Å²) >= 11 is 3.33. The van der Waals surface area contributed by atoms with Gasteiger partial charge in [0.1, 0.15) is 17.4 Å². The molecule has 0 aliphatic heterocycles. The Morgan fingerprint density at radius 3 is 2.76 bits per heavy atom. The number of hydrogen-bond acceptors (Lipinski definition) is 6. The van der Waals surface area contributed by atoms with E-state index in [1.165, 1.54) is 13.2 Å². The zero-order valence-electron chi connectivity index (χ0n) is 14.0. The molecule has 8 heteroatoms. The van der Waals surface area contributed by atoms with E-state index in [9.17, 15) is 9.59 Å². The van der Waals surface area contributed by atoms with Gasteiger partial charge in [-0.1, -0.05) is 6.07 Å². The summed E-state index contributed by atoms with van der Waals surface area (Å²) in [6, 6.07) is 6.85. The van der Waals surface area contributed by atoms with Crippen LogP contribution in [0.15, 0.2) is 28.2 Å². The molecule has 0 bridgehead atoms. The molecule has 25 heavy (non-hydrogen) atoms. The highest BCUT2D eigenvalue weighted by molar-refractivity contribution is 9.10. The normalized spacial score (nSPS) is 10.7. The zero-order valence-corrected chi connectivity index (χ0v) is 15.6. The first-order valence-corrected chi connectivity index (χ1v) is 8.28. The third-order valence-corrected chi connectivity index (χ3v) is 3.49. The van der Waals surface area contributed by atoms with Crippen LogP contribution >= 0.6 is 15.9 Å². The molecule has 0 spiro atoms. The first-order valence-electron chi connectivity index (χ1n) is 7.48. The molecule has 0 radical (unpaired) electrons. The Labute approximate surface area is 154 Å². The molecule has 0 atom stereocenters. The fourth-order valence-corrected chi connectivity index (χ4v) is 2.25. The van der Waals surface area contributed by atoms with E-state index in [0.29, 0.717) is 28.9 Å². The number of carbonyl (C=O) groups excluding carboxylic acids is 2. The smallest absolute Gasteiger partial charge is 0.344 e. The summed E-state index contributed by atoms with van der Waals surface area (Å²) in [6.07, 6.45) is 1.46. The van der Waals surface area contributed by atoms with Crippen molar-refractivity contribution in [1.29, 1.82) is 5.26 Å². The maximum absolute atomic E-state index is 11.9. The van der Waals surface area contributed by atoms with Crippen molar-refractivity contribution in [1.82, 2.24) is 5.32 Å². The van der Waals surface area contributed by atoms with Crippen LogP contribution in [0.1, 0.15) is 12.5 Å². The zero-order chi connectivity index (χ0) is 18.7. The van der Waals surface area contributed by atoms with Gasteiger partial charge in [0.2, 0.25) is 0 Å². The number of carbonyl (C=O) groups is 2. The van der Waals surface area contributed by atoms with Gasteiger partial charge in [-0.25, -0.2) is 4.79 Å². The van der Waals surface area contributed by atoms with E-state index in [0.717, 1.165) is 0 Å². The molecule has 0 aliphatic rings. The van der Waals surface area contributed by atoms with Gasteiger partial charge in [0.05, 0.1) is 17.7 Å². The number of methoxy groups -OCH3 is 1. The molecule has 134 valence electrons. The molecule has 1 aromatic carbocycles. The highest BCUT2D eigenvalue weighted by Gasteiger charge is 2.10. The monoisotopic (exact) mass is 410 g/mol. The number of esters is 1. The molecule has 1 rings (SSSR count). The van der Waals surface area contributed by atoms with Crippen molar-refractivity contribution in [3.8, 4) is 11.8 Å². The van der Waals surface area contributed by atoms with Gasteiger partial charge in [0, 0.05) is 13.7 Å². The lowest BCUT2D eigenvalue weighted by molar-refractivity contribution is -0.145. The Morgan fingerprint density at radius 2 is 2.16 bits per heavy atom. The highest BCUT2D eigenvalue weighted by Crippen LogP contribution is 2.27. The van der Waals surface area contributed by atoms with Crippen LogP contribution in [0.5, 0.6) is 5.75 Å². The van der Waals surface area contributed by atoms with Gasteiger partial charge in [-0.3, -0.25) is 4.79 Å². The van der Waals surface area contributed by atoms with Gasteiger partial charge in [-0.15, -0.1) is 0 Å². The minimum Gasteiger partial charge on any atom is -0.481 e. The number of rotatable bonds is 9. The van der Waals surface area contributed by atoms with Crippen molar-refractivity contribution in [3.63, 3.8) is 0 Å². The predicted molar refractivity (Wildman–Crippen MR) is 94.7 cm³/mol. The van der Waals surface area contributed by atoms with Crippen molar-refractivity contribution < 1.29 is 23.8 Å². The average Bonchev–Trinajstić information content (AvgIpc) is 2.59. The molecular weight excluding hydrogens is 392 g/mol. The van der Waals surface area contributed by atoms with Gasteiger partial charge in [0.25, 0.3) is 5.91 Å². The molecule has 1 N–H and O–H groups in total. The molecule has 1 aromatic rings. The summed E-state index contributed by atoms with van der Waals surface area (Å²) in [5.74, 6) is -0.482. The standard InChI is InChI=1S/C17H19BrN2O5/c1-3-24-16(21)11-25-15-5-4-12(9-14(15)18)8-13(10-19)17(22)20-6-7-23-2/h4-5,8-9H,3,6-7,11H2,1-2H3,(H,20,22)/b13-8+. The molecule has 0 aliphatic carbocycles. The van der Waals surface area contributed by atoms with E-state index in [4.69, 9.17) is 19.5 Å². The first kappa shape index (κ1) is 20.7. The topological polar surface area (TPSA) is 97.7 Å². The second-order valence-corrected chi connectivity index (χ2v) is 5.56. The fraction of sp³-hybridized carbons (Fsp3) is 0.353. The summed E-state index contributed by atoms with van der Waals surface area (Å²) in [7, 11) is 1.52. The second-order valence-electron chi connectivity index (χ2n) is 4.70. The van der Waals surface area contributed by atoms with E-state index in [2.05, 4.69) is 21.2 Å². The Hall–Kier alpha value is -2.37. The van der Waals surface area contributed by atoms with E-state index in [1.807, 2.05) is 6.07 Å². The lowest BCUT2D eigenvalue weighted by atomic mass is 10.1. The maximum atomic E-state index is 11.9. The number of nitrogens with one attached hydrogen (secondary N) is 1. The summed E-state index contributed by atoms with van der Waals surface area (Å²) < 4.78 is 15.6. The van der Waals surface area contributed by atoms with Crippen LogP contribution < -0.4 is 10.1 Å². The number of nitriles is 1. The van der Waals surface area contributed by atoms with Crippen LogP contribution in [0.2, 0.25) is 0 Å². The second kappa shape index (κ2) is 11.2. The lowest BCUT2D eigenvalue weighted by Crippen LogP contribution is -2.27. The molecule has 7 nitrogen and oxygen atoms in total. The Bertz CT molecular complexity index is 682. The van der Waals surface area contributed by atoms with E-state index in [-0.39, 0.29) is 18.8 Å². The maximum Gasteiger partial charge on any atom is 0.344 e. The Balaban J connectivity index is 2.78. The molecule has 0 fully saturated rings. The summed E-state index contributed by atoms with van der Waals surface area (Å²) in [6.45, 7) is 2.48. The molecule has 0 saturated heterocycles. The van der Waals surface area contributed by atoms with E-state index >= 15 is 0 Å². The SMILES string of the molecule is CCOC(=O)COc1ccc(/C=C(\C#N)C(=O)NCCOC)cc1Br. The Morgan fingerprint density at radius 1 is 1.40 bits per heavy atom. The third-order valence-electron chi connectivity index (χ3n) is 2.87. The molecule has 1 amide bonds. The van der Waals surface area contributed by atoms with E-state index in [1.54, 1.807) is 25.1 Å². The molecule has 0 unspecified atom stereocenters. The van der Waals surface area contributed by atoms with Crippen LogP contribution in [0.4, 0.5) is 0 Å². The summed E-state index contributed by atoms with van der Waals surface area (Å²) in [5.41, 5.74) is 0.608. The fourth-order valence-electron chi connectivity index (χ4n) is 1.74. The van der Waals surface area contributed by atoms with Crippen LogP contribution in [-0.4, -0.2) is 45.4 Å². The minimum absolute atomic E-state index is 0.0248. The lowest BCUT2D eigenvalue weighted by Gasteiger charge is -2.08. The van der Waals surface area contributed by atoms with Gasteiger partial charge in [-0.05, 0) is 46.6 Å². The third kappa shape index (κ3) is 7.37. The van der Waals surface area contributed by atoms with Gasteiger partial charge >= 0.3 is 5.97 Å². The number of nitrogens with zero attached hydrogens (tertiary/aromatic N) is 1. The number of halogens is 1. The first-order chi connectivity index (χ1) is 12.0. The minimum atomic E-state index is -0.474. The van der Waals surface area contributed by atoms with Gasteiger partial charge < -0.3 is 19.5 Å². The Kier molecular flexibility index (Phi) is 9.29. The predicted octanol–water partition coefficient (Wildman–Crippen LogP) is 2.06. The van der Waals surface area contributed by atoms with Crippen molar-refractivity contribution in [2.45, 2.75) is 6.92 Å². The number of benzene rings is 1. The largest absolute Gasteiger partial charge is 0.481 e. The number of amides is 1. The quantitative estimate of drug-likeness (QED) is 0.289. The number of hydrogen-bond donors (Lipinski definition) is 1. The van der Waals surface area contributed by atoms with Gasteiger partial charge in [-0.2, -0.15) is 5.26 Å². The van der Waals surface area contributed by atoms with Crippen molar-refractivity contribution in [2.24, 2.45) is 0 Å². The summed E-state index contributed by atoms with van der Waals surface area (Å²) in [4.78, 5) is 23.2. The van der Waals surface area contributed by atoms with Crippen LogP contribution in [0.3, 0.4) is 0 Å². The molecule has 0 heterocycles. The summed E-state index contributed by atoms with van der Waals surface area (Å²) in [5, 5.41) is 11.7. The van der Waals surface area contributed by atoms with E-state index < -0.39 is 11.9 Å². The van der Waals surface area contributed by atoms with Crippen LogP contribution in [-0.2, 0) is 19.1 Å². The number of ether oxygens (including phenoxy) is 3. The highest BCUT2D eigenvalue weighted by atomic mass is 79.9. The van der Waals surface area contributed by atoms with Crippen molar-refractivity contribution >= 4 is 33.9 Å². The van der Waals surface area contributed by atoms with Crippen LogP contribution in [0, 0.1) is 11.3 Å². The molecule has 0 aromatic heterocycles. The molecular formula is C17H19BrN2O5. The molecule has 0 saturated carbocycles.